The summed E-state index contributed by atoms with van der Waals surface area (Å²) in [5, 5.41) is 9.17. The average molecular weight is 243 g/mol. The van der Waals surface area contributed by atoms with Gasteiger partial charge in [-0.25, -0.2) is 4.79 Å². The summed E-state index contributed by atoms with van der Waals surface area (Å²) in [4.78, 5) is 15.1. The third-order valence-electron chi connectivity index (χ3n) is 2.49. The van der Waals surface area contributed by atoms with Crippen LogP contribution in [-0.4, -0.2) is 16.1 Å². The zero-order valence-electron chi connectivity index (χ0n) is 9.69. The molecule has 0 spiro atoms. The Morgan fingerprint density at radius 2 is 1.83 bits per heavy atom. The number of aliphatic carboxylic acids is 1. The van der Waals surface area contributed by atoms with Crippen LogP contribution in [0.5, 0.6) is 0 Å². The highest BCUT2D eigenvalue weighted by atomic mass is 16.5. The van der Waals surface area contributed by atoms with Crippen LogP contribution in [-0.2, 0) is 16.1 Å². The molecule has 1 aromatic carbocycles. The van der Waals surface area contributed by atoms with Gasteiger partial charge in [-0.2, -0.15) is 0 Å². The predicted molar refractivity (Wildman–Crippen MR) is 65.8 cm³/mol. The second kappa shape index (κ2) is 5.93. The molecule has 1 unspecified atom stereocenters. The van der Waals surface area contributed by atoms with Crippen molar-refractivity contribution in [2.45, 2.75) is 12.7 Å². The summed E-state index contributed by atoms with van der Waals surface area (Å²) in [5.74, 6) is -0.991. The molecule has 1 heterocycles. The molecule has 0 saturated heterocycles. The van der Waals surface area contributed by atoms with Crippen molar-refractivity contribution in [3.05, 3.63) is 66.0 Å². The minimum atomic E-state index is -0.991. The Kier molecular flexibility index (Phi) is 4.04. The number of hydrogen-bond acceptors (Lipinski definition) is 3. The number of hydrogen-bond donors (Lipinski definition) is 1. The van der Waals surface area contributed by atoms with Gasteiger partial charge in [-0.15, -0.1) is 0 Å². The van der Waals surface area contributed by atoms with Crippen molar-refractivity contribution >= 4 is 5.97 Å². The Morgan fingerprint density at radius 1 is 1.17 bits per heavy atom. The largest absolute Gasteiger partial charge is 0.479 e. The number of carboxylic acids is 1. The number of benzene rings is 1. The lowest BCUT2D eigenvalue weighted by Crippen LogP contribution is -2.15. The first kappa shape index (κ1) is 12.3. The van der Waals surface area contributed by atoms with Crippen LogP contribution in [0.25, 0.3) is 0 Å². The first-order valence-corrected chi connectivity index (χ1v) is 5.55. The Morgan fingerprint density at radius 3 is 2.44 bits per heavy atom. The number of carbonyl (C=O) groups is 1. The van der Waals surface area contributed by atoms with Crippen molar-refractivity contribution in [1.29, 1.82) is 0 Å². The van der Waals surface area contributed by atoms with Gasteiger partial charge >= 0.3 is 5.97 Å². The molecule has 0 bridgehead atoms. The smallest absolute Gasteiger partial charge is 0.337 e. The molecule has 0 aliphatic heterocycles. The van der Waals surface area contributed by atoms with Gasteiger partial charge in [0.2, 0.25) is 0 Å². The lowest BCUT2D eigenvalue weighted by Gasteiger charge is -2.13. The SMILES string of the molecule is O=C(O)C(OCc1ccncc1)c1ccccc1. The second-order valence-corrected chi connectivity index (χ2v) is 3.80. The van der Waals surface area contributed by atoms with E-state index in [4.69, 9.17) is 9.84 Å². The first-order valence-electron chi connectivity index (χ1n) is 5.55. The van der Waals surface area contributed by atoms with Crippen molar-refractivity contribution in [2.24, 2.45) is 0 Å². The van der Waals surface area contributed by atoms with E-state index in [-0.39, 0.29) is 6.61 Å². The van der Waals surface area contributed by atoms with E-state index in [1.165, 1.54) is 0 Å². The number of carboxylic acid groups (broad SMARTS) is 1. The van der Waals surface area contributed by atoms with Crippen LogP contribution in [0.3, 0.4) is 0 Å². The lowest BCUT2D eigenvalue weighted by molar-refractivity contribution is -0.151. The summed E-state index contributed by atoms with van der Waals surface area (Å²) in [6, 6.07) is 12.5. The third kappa shape index (κ3) is 3.15. The maximum absolute atomic E-state index is 11.2. The van der Waals surface area contributed by atoms with E-state index in [0.717, 1.165) is 5.56 Å². The Labute approximate surface area is 105 Å². The van der Waals surface area contributed by atoms with Crippen LogP contribution < -0.4 is 0 Å². The van der Waals surface area contributed by atoms with Gasteiger partial charge in [-0.1, -0.05) is 30.3 Å². The molecule has 0 saturated carbocycles. The summed E-state index contributed by atoms with van der Waals surface area (Å²) in [7, 11) is 0. The number of nitrogens with zero attached hydrogens (tertiary/aromatic N) is 1. The zero-order valence-corrected chi connectivity index (χ0v) is 9.69. The third-order valence-corrected chi connectivity index (χ3v) is 2.49. The highest BCUT2D eigenvalue weighted by Crippen LogP contribution is 2.19. The highest BCUT2D eigenvalue weighted by molar-refractivity contribution is 5.74. The molecular formula is C14H13NO3. The van der Waals surface area contributed by atoms with Crippen LogP contribution in [0.1, 0.15) is 17.2 Å². The molecule has 4 heteroatoms. The predicted octanol–water partition coefficient (Wildman–Crippen LogP) is 2.42. The van der Waals surface area contributed by atoms with E-state index in [1.54, 1.807) is 48.8 Å². The van der Waals surface area contributed by atoms with E-state index >= 15 is 0 Å². The van der Waals surface area contributed by atoms with Gasteiger partial charge in [0.1, 0.15) is 0 Å². The fraction of sp³-hybridized carbons (Fsp3) is 0.143. The van der Waals surface area contributed by atoms with Crippen LogP contribution in [0.2, 0.25) is 0 Å². The summed E-state index contributed by atoms with van der Waals surface area (Å²) < 4.78 is 5.45. The Bertz CT molecular complexity index is 499. The summed E-state index contributed by atoms with van der Waals surface area (Å²) in [6.45, 7) is 0.244. The summed E-state index contributed by atoms with van der Waals surface area (Å²) in [5.41, 5.74) is 1.53. The molecule has 0 aliphatic rings. The second-order valence-electron chi connectivity index (χ2n) is 3.80. The maximum atomic E-state index is 11.2. The van der Waals surface area contributed by atoms with Gasteiger partial charge in [0.15, 0.2) is 6.10 Å². The number of ether oxygens (including phenoxy) is 1. The average Bonchev–Trinajstić information content (AvgIpc) is 2.41. The van der Waals surface area contributed by atoms with Crippen molar-refractivity contribution in [3.63, 3.8) is 0 Å². The molecule has 0 fully saturated rings. The van der Waals surface area contributed by atoms with Crippen molar-refractivity contribution in [3.8, 4) is 0 Å². The molecule has 0 aliphatic carbocycles. The fourth-order valence-electron chi connectivity index (χ4n) is 1.60. The number of aromatic nitrogens is 1. The Balaban J connectivity index is 2.06. The maximum Gasteiger partial charge on any atom is 0.337 e. The monoisotopic (exact) mass is 243 g/mol. The van der Waals surface area contributed by atoms with E-state index in [0.29, 0.717) is 5.56 Å². The van der Waals surface area contributed by atoms with Gasteiger partial charge in [0, 0.05) is 12.4 Å². The van der Waals surface area contributed by atoms with Crippen molar-refractivity contribution < 1.29 is 14.6 Å². The molecule has 4 nitrogen and oxygen atoms in total. The lowest BCUT2D eigenvalue weighted by atomic mass is 10.1. The van der Waals surface area contributed by atoms with Gasteiger partial charge in [0.05, 0.1) is 6.61 Å². The molecule has 1 N–H and O–H groups in total. The molecule has 2 aromatic rings. The molecule has 2 rings (SSSR count). The van der Waals surface area contributed by atoms with Crippen LogP contribution >= 0.6 is 0 Å². The van der Waals surface area contributed by atoms with E-state index in [9.17, 15) is 4.79 Å². The minimum Gasteiger partial charge on any atom is -0.479 e. The quantitative estimate of drug-likeness (QED) is 0.876. The first-order chi connectivity index (χ1) is 8.77. The van der Waals surface area contributed by atoms with Gasteiger partial charge < -0.3 is 9.84 Å². The van der Waals surface area contributed by atoms with Gasteiger partial charge in [-0.3, -0.25) is 4.98 Å². The summed E-state index contributed by atoms with van der Waals surface area (Å²) >= 11 is 0. The van der Waals surface area contributed by atoms with E-state index < -0.39 is 12.1 Å². The van der Waals surface area contributed by atoms with Crippen LogP contribution in [0, 0.1) is 0 Å². The molecule has 0 radical (unpaired) electrons. The topological polar surface area (TPSA) is 59.4 Å². The fourth-order valence-corrected chi connectivity index (χ4v) is 1.60. The van der Waals surface area contributed by atoms with E-state index in [2.05, 4.69) is 4.98 Å². The normalized spacial score (nSPS) is 12.0. The van der Waals surface area contributed by atoms with Crippen molar-refractivity contribution in [1.82, 2.24) is 4.98 Å². The molecule has 1 atom stereocenters. The summed E-state index contributed by atoms with van der Waals surface area (Å²) in [6.07, 6.45) is 2.35. The molecule has 92 valence electrons. The van der Waals surface area contributed by atoms with Gasteiger partial charge in [-0.05, 0) is 23.3 Å². The highest BCUT2D eigenvalue weighted by Gasteiger charge is 2.19. The zero-order chi connectivity index (χ0) is 12.8. The number of pyridine rings is 1. The Hall–Kier alpha value is -2.20. The molecule has 18 heavy (non-hydrogen) atoms. The number of rotatable bonds is 5. The standard InChI is InChI=1S/C14H13NO3/c16-14(17)13(12-4-2-1-3-5-12)18-10-11-6-8-15-9-7-11/h1-9,13H,10H2,(H,16,17). The van der Waals surface area contributed by atoms with E-state index in [1.807, 2.05) is 6.07 Å². The minimum absolute atomic E-state index is 0.244. The molecule has 1 aromatic heterocycles. The van der Waals surface area contributed by atoms with Crippen molar-refractivity contribution in [2.75, 3.05) is 0 Å². The van der Waals surface area contributed by atoms with Crippen LogP contribution in [0.4, 0.5) is 0 Å². The van der Waals surface area contributed by atoms with Gasteiger partial charge in [0.25, 0.3) is 0 Å². The van der Waals surface area contributed by atoms with Crippen LogP contribution in [0.15, 0.2) is 54.9 Å². The molecule has 0 amide bonds. The molecular weight excluding hydrogens is 230 g/mol.